The number of benzene rings is 3. The van der Waals surface area contributed by atoms with Crippen molar-refractivity contribution in [1.29, 1.82) is 0 Å². The summed E-state index contributed by atoms with van der Waals surface area (Å²) in [6.07, 6.45) is 5.58. The number of carbonyl (C=O) groups excluding carboxylic acids is 1. The molecule has 3 aromatic carbocycles. The molecule has 2 atom stereocenters. The molecule has 2 unspecified atom stereocenters. The Kier molecular flexibility index (Phi) is 8.57. The van der Waals surface area contributed by atoms with Gasteiger partial charge in [-0.1, -0.05) is 112 Å². The molecule has 0 spiro atoms. The fourth-order valence-corrected chi connectivity index (χ4v) is 6.99. The highest BCUT2D eigenvalue weighted by Crippen LogP contribution is 2.42. The summed E-state index contributed by atoms with van der Waals surface area (Å²) in [5.74, 6) is 0.426. The first-order valence-corrected chi connectivity index (χ1v) is 17.0. The maximum absolute atomic E-state index is 13.2. The summed E-state index contributed by atoms with van der Waals surface area (Å²) in [6.45, 7) is 9.47. The van der Waals surface area contributed by atoms with E-state index in [0.717, 1.165) is 28.9 Å². The summed E-state index contributed by atoms with van der Waals surface area (Å²) >= 11 is 0. The van der Waals surface area contributed by atoms with Crippen LogP contribution in [0.25, 0.3) is 0 Å². The monoisotopic (exact) mass is 526 g/mol. The predicted octanol–water partition coefficient (Wildman–Crippen LogP) is 8.24. The SMILES string of the molecule is CCCC1(c2ccccc2)CC(O)=C(C=CC(c2cccc(OCc3ccccc3)c2)[Si](C)(C)C)C(=O)O1. The quantitative estimate of drug-likeness (QED) is 0.213. The molecule has 198 valence electrons. The molecule has 1 aliphatic rings. The zero-order valence-electron chi connectivity index (χ0n) is 22.8. The highest BCUT2D eigenvalue weighted by molar-refractivity contribution is 6.78. The number of hydrogen-bond donors (Lipinski definition) is 1. The van der Waals surface area contributed by atoms with Crippen molar-refractivity contribution in [2.75, 3.05) is 0 Å². The molecule has 0 saturated heterocycles. The summed E-state index contributed by atoms with van der Waals surface area (Å²) < 4.78 is 12.2. The van der Waals surface area contributed by atoms with Gasteiger partial charge in [0.2, 0.25) is 0 Å². The van der Waals surface area contributed by atoms with Gasteiger partial charge >= 0.3 is 5.97 Å². The minimum atomic E-state index is -1.76. The molecule has 4 rings (SSSR count). The van der Waals surface area contributed by atoms with Gasteiger partial charge < -0.3 is 14.6 Å². The lowest BCUT2D eigenvalue weighted by molar-refractivity contribution is -0.160. The van der Waals surface area contributed by atoms with Crippen LogP contribution in [-0.2, 0) is 21.7 Å². The van der Waals surface area contributed by atoms with Gasteiger partial charge in [0.15, 0.2) is 0 Å². The van der Waals surface area contributed by atoms with E-state index in [1.165, 1.54) is 0 Å². The summed E-state index contributed by atoms with van der Waals surface area (Å²) in [7, 11) is -1.76. The number of ether oxygens (including phenoxy) is 2. The Morgan fingerprint density at radius 3 is 2.32 bits per heavy atom. The summed E-state index contributed by atoms with van der Waals surface area (Å²) in [5.41, 5.74) is 2.70. The van der Waals surface area contributed by atoms with Gasteiger partial charge in [-0.25, -0.2) is 4.79 Å². The normalized spacial score (nSPS) is 18.9. The molecule has 0 radical (unpaired) electrons. The van der Waals surface area contributed by atoms with Crippen LogP contribution >= 0.6 is 0 Å². The molecule has 0 aromatic heterocycles. The van der Waals surface area contributed by atoms with E-state index in [4.69, 9.17) is 9.47 Å². The van der Waals surface area contributed by atoms with Crippen molar-refractivity contribution in [2.45, 2.75) is 63.6 Å². The number of carbonyl (C=O) groups is 1. The Labute approximate surface area is 227 Å². The Hall–Kier alpha value is -3.57. The highest BCUT2D eigenvalue weighted by atomic mass is 28.3. The minimum Gasteiger partial charge on any atom is -0.511 e. The number of aliphatic hydroxyl groups excluding tert-OH is 1. The first-order chi connectivity index (χ1) is 18.2. The third kappa shape index (κ3) is 6.46. The number of rotatable bonds is 10. The second kappa shape index (κ2) is 11.9. The van der Waals surface area contributed by atoms with E-state index < -0.39 is 19.6 Å². The molecular weight excluding hydrogens is 488 g/mol. The molecule has 0 amide bonds. The molecule has 0 aliphatic carbocycles. The van der Waals surface area contributed by atoms with Gasteiger partial charge in [-0.05, 0) is 46.9 Å². The lowest BCUT2D eigenvalue weighted by Crippen LogP contribution is -2.37. The molecule has 1 heterocycles. The Bertz CT molecular complexity index is 1290. The van der Waals surface area contributed by atoms with E-state index in [9.17, 15) is 9.90 Å². The van der Waals surface area contributed by atoms with Gasteiger partial charge in [-0.3, -0.25) is 0 Å². The average Bonchev–Trinajstić information content (AvgIpc) is 2.90. The number of aliphatic hydroxyl groups is 1. The van der Waals surface area contributed by atoms with E-state index in [0.29, 0.717) is 13.0 Å². The second-order valence-corrected chi connectivity index (χ2v) is 16.4. The zero-order valence-corrected chi connectivity index (χ0v) is 23.8. The van der Waals surface area contributed by atoms with Crippen molar-refractivity contribution in [3.8, 4) is 5.75 Å². The van der Waals surface area contributed by atoms with Gasteiger partial charge in [-0.15, -0.1) is 0 Å². The minimum absolute atomic E-state index is 0.0871. The Balaban J connectivity index is 1.59. The van der Waals surface area contributed by atoms with Crippen molar-refractivity contribution in [1.82, 2.24) is 0 Å². The topological polar surface area (TPSA) is 55.8 Å². The van der Waals surface area contributed by atoms with Gasteiger partial charge in [0.25, 0.3) is 0 Å². The molecule has 1 N–H and O–H groups in total. The van der Waals surface area contributed by atoms with E-state index in [-0.39, 0.29) is 23.3 Å². The second-order valence-electron chi connectivity index (χ2n) is 11.1. The largest absolute Gasteiger partial charge is 0.511 e. The fourth-order valence-electron chi connectivity index (χ4n) is 5.14. The van der Waals surface area contributed by atoms with Crippen LogP contribution in [0.15, 0.2) is 108 Å². The number of esters is 1. The highest BCUT2D eigenvalue weighted by Gasteiger charge is 2.42. The molecule has 38 heavy (non-hydrogen) atoms. The first-order valence-electron chi connectivity index (χ1n) is 13.4. The zero-order chi connectivity index (χ0) is 27.2. The number of allylic oxidation sites excluding steroid dienone is 1. The fraction of sp³-hybridized carbons (Fsp3) is 0.303. The van der Waals surface area contributed by atoms with E-state index in [1.54, 1.807) is 6.08 Å². The third-order valence-corrected chi connectivity index (χ3v) is 9.47. The maximum Gasteiger partial charge on any atom is 0.342 e. The van der Waals surface area contributed by atoms with Crippen LogP contribution in [0.5, 0.6) is 5.75 Å². The molecule has 0 bridgehead atoms. The van der Waals surface area contributed by atoms with Crippen LogP contribution in [0, 0.1) is 0 Å². The average molecular weight is 527 g/mol. The van der Waals surface area contributed by atoms with Crippen LogP contribution in [0.4, 0.5) is 0 Å². The summed E-state index contributed by atoms with van der Waals surface area (Å²) in [5, 5.41) is 11.1. The third-order valence-electron chi connectivity index (χ3n) is 7.08. The van der Waals surface area contributed by atoms with Gasteiger partial charge in [0.05, 0.1) is 20.1 Å². The van der Waals surface area contributed by atoms with Gasteiger partial charge in [0.1, 0.15) is 23.7 Å². The van der Waals surface area contributed by atoms with Crippen molar-refractivity contribution < 1.29 is 19.4 Å². The van der Waals surface area contributed by atoms with Crippen LogP contribution < -0.4 is 4.74 Å². The van der Waals surface area contributed by atoms with E-state index in [2.05, 4.69) is 44.8 Å². The lowest BCUT2D eigenvalue weighted by Gasteiger charge is -2.37. The molecular formula is C33H38O4Si. The molecule has 1 aliphatic heterocycles. The van der Waals surface area contributed by atoms with Crippen molar-refractivity contribution >= 4 is 14.0 Å². The van der Waals surface area contributed by atoms with E-state index in [1.807, 2.05) is 72.8 Å². The van der Waals surface area contributed by atoms with Crippen molar-refractivity contribution in [2.24, 2.45) is 0 Å². The standard InChI is InChI=1S/C33H38O4Si/c1-5-21-33(27-16-10-7-11-17-27)23-30(34)29(32(35)37-33)19-20-31(38(2,3)4)26-15-12-18-28(22-26)36-24-25-13-8-6-9-14-25/h6-20,22,31,34H,5,21,23-24H2,1-4H3. The Morgan fingerprint density at radius 1 is 1.00 bits per heavy atom. The van der Waals surface area contributed by atoms with Crippen LogP contribution in [-0.4, -0.2) is 19.1 Å². The molecule has 4 nitrogen and oxygen atoms in total. The van der Waals surface area contributed by atoms with Crippen LogP contribution in [0.3, 0.4) is 0 Å². The molecule has 0 saturated carbocycles. The first kappa shape index (κ1) is 27.5. The lowest BCUT2D eigenvalue weighted by atomic mass is 9.82. The maximum atomic E-state index is 13.2. The molecule has 5 heteroatoms. The number of cyclic esters (lactones) is 1. The summed E-state index contributed by atoms with van der Waals surface area (Å²) in [6, 6.07) is 28.0. The van der Waals surface area contributed by atoms with Crippen molar-refractivity contribution in [3.63, 3.8) is 0 Å². The van der Waals surface area contributed by atoms with Crippen LogP contribution in [0.1, 0.15) is 48.4 Å². The van der Waals surface area contributed by atoms with Gasteiger partial charge in [0, 0.05) is 0 Å². The number of hydrogen-bond acceptors (Lipinski definition) is 4. The summed E-state index contributed by atoms with van der Waals surface area (Å²) in [4.78, 5) is 13.2. The van der Waals surface area contributed by atoms with Crippen molar-refractivity contribution in [3.05, 3.63) is 125 Å². The predicted molar refractivity (Wildman–Crippen MR) is 156 cm³/mol. The molecule has 0 fully saturated rings. The van der Waals surface area contributed by atoms with E-state index >= 15 is 0 Å². The Morgan fingerprint density at radius 2 is 1.68 bits per heavy atom. The smallest absolute Gasteiger partial charge is 0.342 e. The van der Waals surface area contributed by atoms with Gasteiger partial charge in [-0.2, -0.15) is 0 Å². The molecule has 3 aromatic rings. The van der Waals surface area contributed by atoms with Crippen LogP contribution in [0.2, 0.25) is 19.6 Å².